The first kappa shape index (κ1) is 10.6. The van der Waals surface area contributed by atoms with E-state index >= 15 is 0 Å². The van der Waals surface area contributed by atoms with Crippen molar-refractivity contribution in [2.45, 2.75) is 26.8 Å². The molecule has 0 aromatic heterocycles. The number of amides is 1. The first-order valence-corrected chi connectivity index (χ1v) is 3.73. The fraction of sp³-hybridized carbons (Fsp3) is 0.714. The summed E-state index contributed by atoms with van der Waals surface area (Å²) in [7, 11) is 0. The zero-order chi connectivity index (χ0) is 9.72. The van der Waals surface area contributed by atoms with Crippen LogP contribution in [0, 0.1) is 11.5 Å². The van der Waals surface area contributed by atoms with Crippen LogP contribution in [0.2, 0.25) is 0 Å². The van der Waals surface area contributed by atoms with E-state index in [2.05, 4.69) is 0 Å². The lowest BCUT2D eigenvalue weighted by Crippen LogP contribution is -2.46. The van der Waals surface area contributed by atoms with Gasteiger partial charge >= 0.3 is 6.09 Å². The molecule has 0 saturated heterocycles. The largest absolute Gasteiger partial charge is 0.464 e. The number of hydrogen-bond donors (Lipinski definition) is 1. The van der Waals surface area contributed by atoms with Crippen LogP contribution in [0.15, 0.2) is 0 Å². The summed E-state index contributed by atoms with van der Waals surface area (Å²) in [5.74, 6) is 0. The lowest BCUT2D eigenvalue weighted by Gasteiger charge is -2.29. The van der Waals surface area contributed by atoms with Crippen molar-refractivity contribution in [3.63, 3.8) is 0 Å². The van der Waals surface area contributed by atoms with E-state index < -0.39 is 6.09 Å². The molecule has 5 heteroatoms. The Morgan fingerprint density at radius 1 is 1.67 bits per heavy atom. The normalized spacial score (nSPS) is 9.25. The first-order valence-electron chi connectivity index (χ1n) is 3.73. The van der Waals surface area contributed by atoms with E-state index in [1.54, 1.807) is 20.8 Å². The zero-order valence-corrected chi connectivity index (χ0v) is 7.48. The molecule has 68 valence electrons. The molecule has 0 bridgehead atoms. The molecule has 1 N–H and O–H groups in total. The molecule has 0 aliphatic rings. The highest BCUT2D eigenvalue weighted by atomic mass is 16.4. The van der Waals surface area contributed by atoms with Crippen LogP contribution in [0.1, 0.15) is 20.8 Å². The third kappa shape index (κ3) is 2.31. The van der Waals surface area contributed by atoms with E-state index in [0.29, 0.717) is 0 Å². The summed E-state index contributed by atoms with van der Waals surface area (Å²) in [6.45, 7) is 5.48. The van der Waals surface area contributed by atoms with E-state index in [1.165, 1.54) is 0 Å². The molecule has 0 saturated carbocycles. The van der Waals surface area contributed by atoms with Crippen LogP contribution in [0.5, 0.6) is 0 Å². The molecule has 0 aromatic rings. The van der Waals surface area contributed by atoms with Gasteiger partial charge in [-0.2, -0.15) is 5.26 Å². The van der Waals surface area contributed by atoms with Gasteiger partial charge in [-0.1, -0.05) is 0 Å². The quantitative estimate of drug-likeness (QED) is 0.392. The van der Waals surface area contributed by atoms with Crippen molar-refractivity contribution in [2.75, 3.05) is 6.54 Å². The molecule has 0 atom stereocenters. The van der Waals surface area contributed by atoms with Crippen LogP contribution >= 0.6 is 0 Å². The van der Waals surface area contributed by atoms with Crippen molar-refractivity contribution in [3.05, 3.63) is 0 Å². The molecule has 0 aromatic carbocycles. The summed E-state index contributed by atoms with van der Waals surface area (Å²) < 4.78 is 0. The van der Waals surface area contributed by atoms with Crippen molar-refractivity contribution < 1.29 is 9.90 Å². The standard InChI is InChI=1S/C7H13N3O2/c1-4-9(7(11)12)10(5-8)6(2)3/h6H,4H2,1-3H3,(H,11,12). The van der Waals surface area contributed by atoms with Gasteiger partial charge in [0.15, 0.2) is 6.19 Å². The molecule has 0 heterocycles. The topological polar surface area (TPSA) is 67.6 Å². The zero-order valence-electron chi connectivity index (χ0n) is 7.48. The smallest absolute Gasteiger partial charge is 0.426 e. The van der Waals surface area contributed by atoms with E-state index in [0.717, 1.165) is 10.0 Å². The van der Waals surface area contributed by atoms with E-state index in [-0.39, 0.29) is 12.6 Å². The van der Waals surface area contributed by atoms with Crippen molar-refractivity contribution in [3.8, 4) is 6.19 Å². The third-order valence-electron chi connectivity index (χ3n) is 1.37. The predicted octanol–water partition coefficient (Wildman–Crippen LogP) is 1.09. The Labute approximate surface area is 71.8 Å². The molecule has 5 nitrogen and oxygen atoms in total. The van der Waals surface area contributed by atoms with Crippen LogP contribution in [0.4, 0.5) is 4.79 Å². The van der Waals surface area contributed by atoms with Crippen LogP contribution in [0.3, 0.4) is 0 Å². The number of nitriles is 1. The summed E-state index contributed by atoms with van der Waals surface area (Å²) in [6, 6.07) is -0.133. The predicted molar refractivity (Wildman–Crippen MR) is 43.0 cm³/mol. The van der Waals surface area contributed by atoms with Gasteiger partial charge in [0.05, 0.1) is 6.04 Å². The average molecular weight is 171 g/mol. The van der Waals surface area contributed by atoms with Gasteiger partial charge in [-0.25, -0.2) is 14.8 Å². The molecule has 0 radical (unpaired) electrons. The van der Waals surface area contributed by atoms with Gasteiger partial charge in [-0.15, -0.1) is 0 Å². The number of nitrogens with zero attached hydrogens (tertiary/aromatic N) is 3. The maximum atomic E-state index is 10.6. The van der Waals surface area contributed by atoms with Gasteiger partial charge in [0.25, 0.3) is 0 Å². The van der Waals surface area contributed by atoms with Gasteiger partial charge in [0.2, 0.25) is 0 Å². The highest BCUT2D eigenvalue weighted by molar-refractivity contribution is 5.64. The minimum Gasteiger partial charge on any atom is -0.464 e. The maximum absolute atomic E-state index is 10.6. The maximum Gasteiger partial charge on any atom is 0.426 e. The Balaban J connectivity index is 4.47. The molecule has 0 aliphatic heterocycles. The Morgan fingerprint density at radius 3 is 2.25 bits per heavy atom. The second-order valence-electron chi connectivity index (χ2n) is 2.54. The molecular formula is C7H13N3O2. The Morgan fingerprint density at radius 2 is 2.17 bits per heavy atom. The fourth-order valence-corrected chi connectivity index (χ4v) is 0.828. The molecule has 0 fully saturated rings. The minimum absolute atomic E-state index is 0.133. The molecule has 1 amide bonds. The molecule has 0 unspecified atom stereocenters. The van der Waals surface area contributed by atoms with Crippen molar-refractivity contribution >= 4 is 6.09 Å². The Hall–Kier alpha value is -1.44. The monoisotopic (exact) mass is 171 g/mol. The molecule has 0 rings (SSSR count). The van der Waals surface area contributed by atoms with Gasteiger partial charge < -0.3 is 5.11 Å². The molecule has 12 heavy (non-hydrogen) atoms. The average Bonchev–Trinajstić information content (AvgIpc) is 1.98. The SMILES string of the molecule is CCN(C(=O)O)N(C#N)C(C)C. The first-order chi connectivity index (χ1) is 5.54. The Bertz CT molecular complexity index is 197. The summed E-state index contributed by atoms with van der Waals surface area (Å²) >= 11 is 0. The molecular weight excluding hydrogens is 158 g/mol. The summed E-state index contributed by atoms with van der Waals surface area (Å²) in [4.78, 5) is 10.6. The molecule has 0 spiro atoms. The number of hydrazine groups is 1. The summed E-state index contributed by atoms with van der Waals surface area (Å²) in [6.07, 6.45) is 0.708. The van der Waals surface area contributed by atoms with Crippen LogP contribution < -0.4 is 0 Å². The van der Waals surface area contributed by atoms with Crippen LogP contribution in [-0.4, -0.2) is 33.8 Å². The van der Waals surface area contributed by atoms with Gasteiger partial charge in [0.1, 0.15) is 0 Å². The van der Waals surface area contributed by atoms with Gasteiger partial charge in [0, 0.05) is 6.54 Å². The lowest BCUT2D eigenvalue weighted by atomic mass is 10.4. The van der Waals surface area contributed by atoms with E-state index in [1.807, 2.05) is 6.19 Å². The van der Waals surface area contributed by atoms with Gasteiger partial charge in [-0.3, -0.25) is 0 Å². The fourth-order valence-electron chi connectivity index (χ4n) is 0.828. The summed E-state index contributed by atoms with van der Waals surface area (Å²) in [5, 5.41) is 19.4. The van der Waals surface area contributed by atoms with Crippen molar-refractivity contribution in [1.29, 1.82) is 5.26 Å². The number of carboxylic acid groups (broad SMARTS) is 1. The van der Waals surface area contributed by atoms with Crippen molar-refractivity contribution in [1.82, 2.24) is 10.0 Å². The second kappa shape index (κ2) is 4.44. The number of carbonyl (C=O) groups is 1. The number of rotatable bonds is 3. The highest BCUT2D eigenvalue weighted by Gasteiger charge is 2.19. The Kier molecular flexibility index (Phi) is 3.91. The van der Waals surface area contributed by atoms with Crippen LogP contribution in [0.25, 0.3) is 0 Å². The van der Waals surface area contributed by atoms with Gasteiger partial charge in [-0.05, 0) is 20.8 Å². The third-order valence-corrected chi connectivity index (χ3v) is 1.37. The van der Waals surface area contributed by atoms with Crippen molar-refractivity contribution in [2.24, 2.45) is 0 Å². The highest BCUT2D eigenvalue weighted by Crippen LogP contribution is 2.02. The van der Waals surface area contributed by atoms with E-state index in [4.69, 9.17) is 10.4 Å². The minimum atomic E-state index is -1.10. The summed E-state index contributed by atoms with van der Waals surface area (Å²) in [5.41, 5.74) is 0. The number of hydrogen-bond acceptors (Lipinski definition) is 3. The second-order valence-corrected chi connectivity index (χ2v) is 2.54. The molecule has 0 aliphatic carbocycles. The van der Waals surface area contributed by atoms with E-state index in [9.17, 15) is 4.79 Å². The van der Waals surface area contributed by atoms with Crippen LogP contribution in [-0.2, 0) is 0 Å². The lowest BCUT2D eigenvalue weighted by molar-refractivity contribution is 0.0191.